The SMILES string of the molecule is C=C(C(=O)[Si](C(C)C)(C(C)C)C(C)C)C(O)c1ccc(N(C)C)cc1. The van der Waals surface area contributed by atoms with Gasteiger partial charge in [-0.3, -0.25) is 0 Å². The first kappa shape index (κ1) is 21.6. The molecule has 0 amide bonds. The van der Waals surface area contributed by atoms with Gasteiger partial charge in [-0.2, -0.15) is 0 Å². The van der Waals surface area contributed by atoms with E-state index in [0.717, 1.165) is 11.3 Å². The van der Waals surface area contributed by atoms with E-state index in [0.29, 0.717) is 22.2 Å². The first-order valence-corrected chi connectivity index (χ1v) is 11.4. The Hall–Kier alpha value is -1.39. The molecule has 3 nitrogen and oxygen atoms in total. The number of nitrogens with zero attached hydrogens (tertiary/aromatic N) is 1. The summed E-state index contributed by atoms with van der Waals surface area (Å²) < 4.78 is 0. The molecule has 1 aromatic carbocycles. The maximum Gasteiger partial charge on any atom is 0.146 e. The van der Waals surface area contributed by atoms with Gasteiger partial charge in [0.05, 0.1) is 0 Å². The summed E-state index contributed by atoms with van der Waals surface area (Å²) in [5, 5.41) is 10.9. The molecule has 0 spiro atoms. The molecule has 0 radical (unpaired) electrons. The first-order chi connectivity index (χ1) is 11.5. The zero-order chi connectivity index (χ0) is 19.5. The summed E-state index contributed by atoms with van der Waals surface area (Å²) in [6, 6.07) is 7.66. The Morgan fingerprint density at radius 3 is 1.68 bits per heavy atom. The van der Waals surface area contributed by atoms with E-state index in [1.807, 2.05) is 43.3 Å². The van der Waals surface area contributed by atoms with E-state index >= 15 is 0 Å². The third kappa shape index (κ3) is 4.06. The van der Waals surface area contributed by atoms with Crippen molar-refractivity contribution in [3.05, 3.63) is 42.0 Å². The monoisotopic (exact) mass is 361 g/mol. The van der Waals surface area contributed by atoms with E-state index in [1.165, 1.54) is 0 Å². The molecule has 0 saturated carbocycles. The topological polar surface area (TPSA) is 40.5 Å². The zero-order valence-electron chi connectivity index (χ0n) is 17.1. The Morgan fingerprint density at radius 2 is 1.36 bits per heavy atom. The summed E-state index contributed by atoms with van der Waals surface area (Å²) in [7, 11) is 1.62. The van der Waals surface area contributed by atoms with Crippen LogP contribution < -0.4 is 4.90 Å². The molecular formula is C21H35NO2Si. The van der Waals surface area contributed by atoms with Gasteiger partial charge in [0.1, 0.15) is 19.6 Å². The standard InChI is InChI=1S/C21H35NO2Si/c1-14(2)25(15(3)4,16(5)6)21(24)17(7)20(23)18-10-12-19(13-11-18)22(8)9/h10-16,20,23H,7H2,1-6,8-9H3. The molecule has 1 atom stereocenters. The van der Waals surface area contributed by atoms with Crippen molar-refractivity contribution in [2.24, 2.45) is 0 Å². The number of rotatable bonds is 8. The van der Waals surface area contributed by atoms with Crippen LogP contribution in [0.1, 0.15) is 53.2 Å². The Labute approximate surface area is 154 Å². The lowest BCUT2D eigenvalue weighted by atomic mass is 10.0. The van der Waals surface area contributed by atoms with Gasteiger partial charge < -0.3 is 14.8 Å². The summed E-state index contributed by atoms with van der Waals surface area (Å²) in [6.45, 7) is 16.9. The second-order valence-electron chi connectivity index (χ2n) is 8.14. The van der Waals surface area contributed by atoms with Gasteiger partial charge in [-0.25, -0.2) is 0 Å². The predicted octanol–water partition coefficient (Wildman–Crippen LogP) is 5.13. The minimum atomic E-state index is -2.33. The van der Waals surface area contributed by atoms with Gasteiger partial charge in [0.2, 0.25) is 0 Å². The molecule has 0 heterocycles. The lowest BCUT2D eigenvalue weighted by molar-refractivity contribution is -0.110. The van der Waals surface area contributed by atoms with Crippen LogP contribution in [0.5, 0.6) is 0 Å². The smallest absolute Gasteiger partial charge is 0.146 e. The molecule has 0 saturated heterocycles. The van der Waals surface area contributed by atoms with Crippen LogP contribution in [0.4, 0.5) is 5.69 Å². The van der Waals surface area contributed by atoms with Crippen molar-refractivity contribution in [1.82, 2.24) is 0 Å². The van der Waals surface area contributed by atoms with Gasteiger partial charge in [-0.1, -0.05) is 60.3 Å². The third-order valence-corrected chi connectivity index (χ3v) is 12.4. The van der Waals surface area contributed by atoms with Crippen LogP contribution in [0.3, 0.4) is 0 Å². The molecule has 1 unspecified atom stereocenters. The predicted molar refractivity (Wildman–Crippen MR) is 111 cm³/mol. The molecular weight excluding hydrogens is 326 g/mol. The van der Waals surface area contributed by atoms with Crippen molar-refractivity contribution < 1.29 is 9.90 Å². The average molecular weight is 362 g/mol. The van der Waals surface area contributed by atoms with E-state index in [4.69, 9.17) is 0 Å². The highest BCUT2D eigenvalue weighted by molar-refractivity contribution is 7.10. The first-order valence-electron chi connectivity index (χ1n) is 9.16. The van der Waals surface area contributed by atoms with Gasteiger partial charge >= 0.3 is 0 Å². The van der Waals surface area contributed by atoms with E-state index in [2.05, 4.69) is 48.1 Å². The molecule has 1 N–H and O–H groups in total. The van der Waals surface area contributed by atoms with Crippen LogP contribution in [-0.2, 0) is 4.79 Å². The van der Waals surface area contributed by atoms with Crippen LogP contribution in [0, 0.1) is 0 Å². The van der Waals surface area contributed by atoms with Gasteiger partial charge in [0.25, 0.3) is 0 Å². The second-order valence-corrected chi connectivity index (χ2v) is 13.9. The van der Waals surface area contributed by atoms with Crippen molar-refractivity contribution >= 4 is 19.2 Å². The third-order valence-electron chi connectivity index (χ3n) is 5.61. The number of aliphatic hydroxyl groups is 1. The Bertz CT molecular complexity index is 581. The number of carbonyl (C=O) groups excluding carboxylic acids is 1. The van der Waals surface area contributed by atoms with E-state index in [1.54, 1.807) is 0 Å². The maximum atomic E-state index is 13.5. The fourth-order valence-electron chi connectivity index (χ4n) is 4.34. The molecule has 0 aliphatic carbocycles. The molecule has 140 valence electrons. The summed E-state index contributed by atoms with van der Waals surface area (Å²) >= 11 is 0. The summed E-state index contributed by atoms with van der Waals surface area (Å²) in [4.78, 5) is 15.5. The number of hydrogen-bond donors (Lipinski definition) is 1. The van der Waals surface area contributed by atoms with Gasteiger partial charge in [-0.15, -0.1) is 0 Å². The lowest BCUT2D eigenvalue weighted by Gasteiger charge is -2.42. The second kappa shape index (κ2) is 8.32. The zero-order valence-corrected chi connectivity index (χ0v) is 18.1. The minimum absolute atomic E-state index is 0.122. The highest BCUT2D eigenvalue weighted by atomic mass is 28.3. The van der Waals surface area contributed by atoms with Crippen LogP contribution in [0.15, 0.2) is 36.4 Å². The highest BCUT2D eigenvalue weighted by Gasteiger charge is 2.50. The Balaban J connectivity index is 3.20. The Kier molecular flexibility index (Phi) is 7.21. The van der Waals surface area contributed by atoms with Gasteiger partial charge in [0.15, 0.2) is 0 Å². The molecule has 0 aromatic heterocycles. The van der Waals surface area contributed by atoms with Gasteiger partial charge in [0, 0.05) is 25.4 Å². The van der Waals surface area contributed by atoms with Crippen LogP contribution in [0.2, 0.25) is 16.6 Å². The maximum absolute atomic E-state index is 13.5. The molecule has 0 bridgehead atoms. The lowest BCUT2D eigenvalue weighted by Crippen LogP contribution is -2.53. The molecule has 0 aliphatic rings. The quantitative estimate of drug-likeness (QED) is 0.515. The number of carbonyl (C=O) groups is 1. The van der Waals surface area contributed by atoms with E-state index in [9.17, 15) is 9.90 Å². The highest BCUT2D eigenvalue weighted by Crippen LogP contribution is 2.44. The summed E-state index contributed by atoms with van der Waals surface area (Å²) in [5.74, 6) is 0. The van der Waals surface area contributed by atoms with Crippen molar-refractivity contribution in [2.45, 2.75) is 64.3 Å². The summed E-state index contributed by atoms with van der Waals surface area (Å²) in [5.41, 5.74) is 3.05. The average Bonchev–Trinajstić information content (AvgIpc) is 2.52. The van der Waals surface area contributed by atoms with E-state index < -0.39 is 14.2 Å². The van der Waals surface area contributed by atoms with Crippen LogP contribution in [0.25, 0.3) is 0 Å². The molecule has 0 aliphatic heterocycles. The van der Waals surface area contributed by atoms with Gasteiger partial charge in [-0.05, 0) is 34.3 Å². The normalized spacial score (nSPS) is 13.4. The van der Waals surface area contributed by atoms with Crippen molar-refractivity contribution in [3.8, 4) is 0 Å². The molecule has 25 heavy (non-hydrogen) atoms. The van der Waals surface area contributed by atoms with Crippen LogP contribution in [-0.4, -0.2) is 32.7 Å². The molecule has 1 aromatic rings. The van der Waals surface area contributed by atoms with Crippen LogP contribution >= 0.6 is 0 Å². The largest absolute Gasteiger partial charge is 0.384 e. The fraction of sp³-hybridized carbons (Fsp3) is 0.571. The summed E-state index contributed by atoms with van der Waals surface area (Å²) in [6.07, 6.45) is -0.938. The number of anilines is 1. The number of aliphatic hydroxyl groups excluding tert-OH is 1. The van der Waals surface area contributed by atoms with Crippen molar-refractivity contribution in [2.75, 3.05) is 19.0 Å². The number of hydrogen-bond acceptors (Lipinski definition) is 3. The molecule has 4 heteroatoms. The Morgan fingerprint density at radius 1 is 0.960 bits per heavy atom. The van der Waals surface area contributed by atoms with Crippen molar-refractivity contribution in [1.29, 1.82) is 0 Å². The molecule has 1 rings (SSSR count). The van der Waals surface area contributed by atoms with Crippen molar-refractivity contribution in [3.63, 3.8) is 0 Å². The van der Waals surface area contributed by atoms with E-state index in [-0.39, 0.29) is 5.41 Å². The molecule has 0 fully saturated rings. The number of benzene rings is 1. The fourth-order valence-corrected chi connectivity index (χ4v) is 10.6. The minimum Gasteiger partial charge on any atom is -0.384 e.